The molecule has 0 radical (unpaired) electrons. The summed E-state index contributed by atoms with van der Waals surface area (Å²) in [4.78, 5) is 28.0. The monoisotopic (exact) mass is 476 g/mol. The van der Waals surface area contributed by atoms with Crippen LogP contribution in [0.25, 0.3) is 0 Å². The molecule has 2 aromatic rings. The number of nitrogens with zero attached hydrogens (tertiary/aromatic N) is 1. The molecule has 0 spiro atoms. The summed E-state index contributed by atoms with van der Waals surface area (Å²) in [7, 11) is 1.56. The van der Waals surface area contributed by atoms with Gasteiger partial charge in [0.05, 0.1) is 26.5 Å². The number of ether oxygens (including phenoxy) is 2. The van der Waals surface area contributed by atoms with Gasteiger partial charge in [-0.1, -0.05) is 32.3 Å². The third-order valence-electron chi connectivity index (χ3n) is 5.82. The normalized spacial score (nSPS) is 15.0. The van der Waals surface area contributed by atoms with Crippen molar-refractivity contribution < 1.29 is 23.5 Å². The number of alkyl halides is 1. The third kappa shape index (κ3) is 6.67. The Hall–Kier alpha value is -2.67. The summed E-state index contributed by atoms with van der Waals surface area (Å²) >= 11 is 5.96. The molecule has 0 saturated heterocycles. The van der Waals surface area contributed by atoms with Gasteiger partial charge in [-0.05, 0) is 49.1 Å². The number of carbonyl (C=O) groups is 2. The van der Waals surface area contributed by atoms with Crippen LogP contribution in [0, 0.1) is 0 Å². The van der Waals surface area contributed by atoms with Crippen LogP contribution in [0.3, 0.4) is 0 Å². The zero-order chi connectivity index (χ0) is 23.6. The van der Waals surface area contributed by atoms with Crippen LogP contribution >= 0.6 is 11.6 Å². The van der Waals surface area contributed by atoms with Crippen molar-refractivity contribution >= 4 is 23.4 Å². The van der Waals surface area contributed by atoms with Gasteiger partial charge in [0, 0.05) is 6.04 Å². The molecule has 1 heterocycles. The highest BCUT2D eigenvalue weighted by Gasteiger charge is 2.33. The highest BCUT2D eigenvalue weighted by Crippen LogP contribution is 2.34. The Morgan fingerprint density at radius 1 is 1.21 bits per heavy atom. The summed E-state index contributed by atoms with van der Waals surface area (Å²) in [5, 5.41) is 3.16. The number of benzene rings is 1. The van der Waals surface area contributed by atoms with Crippen LogP contribution in [0.4, 0.5) is 0 Å². The van der Waals surface area contributed by atoms with Gasteiger partial charge in [-0.15, -0.1) is 11.6 Å². The molecule has 1 aliphatic rings. The summed E-state index contributed by atoms with van der Waals surface area (Å²) < 4.78 is 16.8. The number of hydrogen-bond acceptors (Lipinski definition) is 5. The molecule has 8 heteroatoms. The highest BCUT2D eigenvalue weighted by molar-refractivity contribution is 6.27. The summed E-state index contributed by atoms with van der Waals surface area (Å²) in [5.41, 5.74) is 0.619. The molecule has 33 heavy (non-hydrogen) atoms. The van der Waals surface area contributed by atoms with Crippen LogP contribution in [0.15, 0.2) is 41.0 Å². The van der Waals surface area contributed by atoms with Gasteiger partial charge in [0.2, 0.25) is 11.8 Å². The molecule has 2 amide bonds. The van der Waals surface area contributed by atoms with Gasteiger partial charge in [-0.2, -0.15) is 0 Å². The molecule has 1 N–H and O–H groups in total. The van der Waals surface area contributed by atoms with E-state index in [4.69, 9.17) is 25.5 Å². The quantitative estimate of drug-likeness (QED) is 0.469. The van der Waals surface area contributed by atoms with Gasteiger partial charge in [-0.25, -0.2) is 0 Å². The van der Waals surface area contributed by atoms with Gasteiger partial charge in [0.25, 0.3) is 0 Å². The summed E-state index contributed by atoms with van der Waals surface area (Å²) in [6.45, 7) is 2.70. The van der Waals surface area contributed by atoms with Gasteiger partial charge in [0.15, 0.2) is 11.5 Å². The molecule has 3 rings (SSSR count). The topological polar surface area (TPSA) is 81.0 Å². The second kappa shape index (κ2) is 12.5. The maximum atomic E-state index is 13.6. The van der Waals surface area contributed by atoms with Gasteiger partial charge < -0.3 is 24.1 Å². The van der Waals surface area contributed by atoms with E-state index in [1.165, 1.54) is 11.3 Å². The first kappa shape index (κ1) is 25.0. The van der Waals surface area contributed by atoms with Crippen LogP contribution in [-0.2, 0) is 16.1 Å². The molecule has 1 saturated carbocycles. The van der Waals surface area contributed by atoms with Crippen molar-refractivity contribution in [1.82, 2.24) is 10.2 Å². The molecule has 180 valence electrons. The fourth-order valence-electron chi connectivity index (χ4n) is 4.16. The van der Waals surface area contributed by atoms with Gasteiger partial charge in [-0.3, -0.25) is 9.59 Å². The van der Waals surface area contributed by atoms with Crippen molar-refractivity contribution in [3.63, 3.8) is 0 Å². The number of amides is 2. The first-order chi connectivity index (χ1) is 16.1. The van der Waals surface area contributed by atoms with E-state index in [1.807, 2.05) is 6.92 Å². The molecular weight excluding hydrogens is 444 g/mol. The lowest BCUT2D eigenvalue weighted by molar-refractivity contribution is -0.140. The summed E-state index contributed by atoms with van der Waals surface area (Å²) in [6, 6.07) is 8.06. The number of hydrogen-bond donors (Lipinski definition) is 1. The Morgan fingerprint density at radius 2 is 2.00 bits per heavy atom. The Morgan fingerprint density at radius 3 is 2.64 bits per heavy atom. The molecule has 1 aromatic heterocycles. The Bertz CT molecular complexity index is 896. The molecule has 1 fully saturated rings. The number of halogens is 1. The second-order valence-electron chi connectivity index (χ2n) is 8.24. The van der Waals surface area contributed by atoms with E-state index in [2.05, 4.69) is 5.32 Å². The predicted molar refractivity (Wildman–Crippen MR) is 127 cm³/mol. The minimum absolute atomic E-state index is 0.0966. The fourth-order valence-corrected chi connectivity index (χ4v) is 4.31. The largest absolute Gasteiger partial charge is 0.493 e. The first-order valence-corrected chi connectivity index (χ1v) is 12.1. The minimum Gasteiger partial charge on any atom is -0.493 e. The molecule has 1 atom stereocenters. The van der Waals surface area contributed by atoms with Crippen molar-refractivity contribution in [3.8, 4) is 11.5 Å². The van der Waals surface area contributed by atoms with E-state index in [0.29, 0.717) is 29.4 Å². The van der Waals surface area contributed by atoms with Gasteiger partial charge in [0.1, 0.15) is 17.7 Å². The van der Waals surface area contributed by atoms with Gasteiger partial charge >= 0.3 is 0 Å². The van der Waals surface area contributed by atoms with E-state index in [-0.39, 0.29) is 30.3 Å². The second-order valence-corrected chi connectivity index (χ2v) is 8.51. The highest BCUT2D eigenvalue weighted by atomic mass is 35.5. The lowest BCUT2D eigenvalue weighted by atomic mass is 9.94. The number of furan rings is 1. The van der Waals surface area contributed by atoms with Crippen LogP contribution in [0.5, 0.6) is 11.5 Å². The minimum atomic E-state index is -0.891. The lowest BCUT2D eigenvalue weighted by Gasteiger charge is -2.33. The Kier molecular flexibility index (Phi) is 9.48. The average Bonchev–Trinajstić information content (AvgIpc) is 3.36. The van der Waals surface area contributed by atoms with Crippen LogP contribution in [-0.4, -0.2) is 42.4 Å². The Balaban J connectivity index is 1.97. The number of carbonyl (C=O) groups excluding carboxylic acids is 2. The van der Waals surface area contributed by atoms with Crippen LogP contribution in [0.2, 0.25) is 0 Å². The van der Waals surface area contributed by atoms with Crippen LogP contribution in [0.1, 0.15) is 62.8 Å². The number of methoxy groups -OCH3 is 1. The molecule has 1 aromatic carbocycles. The van der Waals surface area contributed by atoms with E-state index in [9.17, 15) is 9.59 Å². The Labute approximate surface area is 200 Å². The fraction of sp³-hybridized carbons (Fsp3) is 0.520. The van der Waals surface area contributed by atoms with E-state index in [1.54, 1.807) is 43.7 Å². The van der Waals surface area contributed by atoms with Crippen molar-refractivity contribution in [3.05, 3.63) is 47.9 Å². The third-order valence-corrected chi connectivity index (χ3v) is 6.05. The van der Waals surface area contributed by atoms with Crippen molar-refractivity contribution in [2.24, 2.45) is 0 Å². The first-order valence-electron chi connectivity index (χ1n) is 11.6. The maximum absolute atomic E-state index is 13.6. The van der Waals surface area contributed by atoms with E-state index in [0.717, 1.165) is 32.1 Å². The molecule has 0 aliphatic heterocycles. The summed E-state index contributed by atoms with van der Waals surface area (Å²) in [6.07, 6.45) is 7.63. The lowest BCUT2D eigenvalue weighted by Crippen LogP contribution is -2.47. The molecule has 0 unspecified atom stereocenters. The molecule has 1 aliphatic carbocycles. The molecule has 0 bridgehead atoms. The zero-order valence-corrected chi connectivity index (χ0v) is 20.1. The number of rotatable bonds is 11. The maximum Gasteiger partial charge on any atom is 0.247 e. The number of nitrogens with one attached hydrogen (secondary N) is 1. The average molecular weight is 477 g/mol. The molecular formula is C25H33ClN2O5. The smallest absolute Gasteiger partial charge is 0.247 e. The summed E-state index contributed by atoms with van der Waals surface area (Å²) in [5.74, 6) is 0.823. The predicted octanol–water partition coefficient (Wildman–Crippen LogP) is 4.83. The standard InChI is InChI=1S/C25H33ClN2O5/c1-3-13-33-21-12-11-18(15-22(21)31-2)24(25(30)27-19-8-5-4-6-9-19)28(23(29)16-26)17-20-10-7-14-32-20/h7,10-12,14-15,19,24H,3-6,8-9,13,16-17H2,1-2H3,(H,27,30)/t24-/m0/s1. The van der Waals surface area contributed by atoms with Crippen molar-refractivity contribution in [2.75, 3.05) is 19.6 Å². The van der Waals surface area contributed by atoms with E-state index < -0.39 is 6.04 Å². The zero-order valence-electron chi connectivity index (χ0n) is 19.3. The van der Waals surface area contributed by atoms with Crippen molar-refractivity contribution in [2.45, 2.75) is 64.1 Å². The van der Waals surface area contributed by atoms with E-state index >= 15 is 0 Å². The molecule has 7 nitrogen and oxygen atoms in total. The van der Waals surface area contributed by atoms with Crippen LogP contribution < -0.4 is 14.8 Å². The van der Waals surface area contributed by atoms with Crippen molar-refractivity contribution in [1.29, 1.82) is 0 Å². The SMILES string of the molecule is CCCOc1ccc([C@@H](C(=O)NC2CCCCC2)N(Cc2ccco2)C(=O)CCl)cc1OC.